The van der Waals surface area contributed by atoms with E-state index in [1.54, 1.807) is 23.2 Å². The molecular weight excluding hydrogens is 419 g/mol. The molecule has 0 radical (unpaired) electrons. The molecule has 2 aromatic carbocycles. The maximum atomic E-state index is 14.0. The van der Waals surface area contributed by atoms with Gasteiger partial charge in [-0.3, -0.25) is 9.59 Å². The number of nitrogens with one attached hydrogen (secondary N) is 1. The molecule has 5 rings (SSSR count). The van der Waals surface area contributed by atoms with Crippen LogP contribution in [0.4, 0.5) is 4.39 Å². The molecule has 0 bridgehead atoms. The Bertz CT molecular complexity index is 1320. The number of imidazole rings is 1. The van der Waals surface area contributed by atoms with E-state index in [-0.39, 0.29) is 23.3 Å². The van der Waals surface area contributed by atoms with Crippen molar-refractivity contribution in [2.45, 2.75) is 18.9 Å². The molecule has 4 aromatic rings. The summed E-state index contributed by atoms with van der Waals surface area (Å²) in [5.41, 5.74) is 3.57. The van der Waals surface area contributed by atoms with Gasteiger partial charge in [0.1, 0.15) is 11.5 Å². The first-order valence-electron chi connectivity index (χ1n) is 10.9. The van der Waals surface area contributed by atoms with Crippen LogP contribution in [0.2, 0.25) is 0 Å². The number of benzene rings is 2. The molecule has 6 nitrogen and oxygen atoms in total. The van der Waals surface area contributed by atoms with Crippen LogP contribution in [0, 0.1) is 5.82 Å². The first kappa shape index (κ1) is 20.9. The number of hydrogen-bond acceptors (Lipinski definition) is 3. The second-order valence-corrected chi connectivity index (χ2v) is 8.25. The zero-order valence-corrected chi connectivity index (χ0v) is 17.9. The second-order valence-electron chi connectivity index (χ2n) is 8.25. The van der Waals surface area contributed by atoms with Gasteiger partial charge in [0.05, 0.1) is 5.56 Å². The van der Waals surface area contributed by atoms with Crippen molar-refractivity contribution in [2.75, 3.05) is 13.1 Å². The van der Waals surface area contributed by atoms with Crippen molar-refractivity contribution in [3.8, 4) is 0 Å². The summed E-state index contributed by atoms with van der Waals surface area (Å²) in [6.45, 7) is 1.54. The van der Waals surface area contributed by atoms with Gasteiger partial charge >= 0.3 is 0 Å². The lowest BCUT2D eigenvalue weighted by molar-refractivity contribution is 0.0786. The normalized spacial score (nSPS) is 15.7. The molecule has 2 aromatic heterocycles. The summed E-state index contributed by atoms with van der Waals surface area (Å²) in [4.78, 5) is 31.2. The molecule has 0 saturated carbocycles. The molecule has 0 spiro atoms. The standard InChI is InChI=1S/C26H23FN4O2/c27-23-4-2-1-3-22(23)26(33)31-13-10-21(17-31)19-5-7-20(8-6-19)25(32)29-16-18-9-12-30-14-11-28-24(30)15-18/h1-9,11-12,14-15,21H,10,13,16-17H2,(H,29,32). The topological polar surface area (TPSA) is 66.7 Å². The largest absolute Gasteiger partial charge is 0.348 e. The quantitative estimate of drug-likeness (QED) is 0.507. The lowest BCUT2D eigenvalue weighted by Gasteiger charge is -2.17. The molecule has 3 heterocycles. The van der Waals surface area contributed by atoms with E-state index in [2.05, 4.69) is 10.3 Å². The molecule has 0 aliphatic carbocycles. The average Bonchev–Trinajstić information content (AvgIpc) is 3.52. The maximum absolute atomic E-state index is 14.0. The highest BCUT2D eigenvalue weighted by atomic mass is 19.1. The minimum absolute atomic E-state index is 0.108. The van der Waals surface area contributed by atoms with Crippen LogP contribution in [0.25, 0.3) is 5.65 Å². The van der Waals surface area contributed by atoms with Crippen LogP contribution in [0.15, 0.2) is 79.3 Å². The molecule has 1 fully saturated rings. The third-order valence-electron chi connectivity index (χ3n) is 6.14. The molecule has 1 N–H and O–H groups in total. The minimum atomic E-state index is -0.494. The van der Waals surface area contributed by atoms with Gasteiger partial charge in [0.2, 0.25) is 0 Å². The number of likely N-dealkylation sites (tertiary alicyclic amines) is 1. The Balaban J connectivity index is 1.19. The van der Waals surface area contributed by atoms with Crippen LogP contribution in [0.1, 0.15) is 44.2 Å². The highest BCUT2D eigenvalue weighted by Crippen LogP contribution is 2.28. The van der Waals surface area contributed by atoms with E-state index in [9.17, 15) is 14.0 Å². The summed E-state index contributed by atoms with van der Waals surface area (Å²) < 4.78 is 15.9. The van der Waals surface area contributed by atoms with Crippen LogP contribution in [-0.2, 0) is 6.54 Å². The number of hydrogen-bond donors (Lipinski definition) is 1. The Morgan fingerprint density at radius 1 is 1.06 bits per heavy atom. The smallest absolute Gasteiger partial charge is 0.256 e. The number of aromatic nitrogens is 2. The van der Waals surface area contributed by atoms with Crippen molar-refractivity contribution in [1.29, 1.82) is 0 Å². The van der Waals surface area contributed by atoms with Crippen LogP contribution < -0.4 is 5.32 Å². The summed E-state index contributed by atoms with van der Waals surface area (Å²) in [7, 11) is 0. The summed E-state index contributed by atoms with van der Waals surface area (Å²) in [5, 5.41) is 2.94. The van der Waals surface area contributed by atoms with Crippen LogP contribution in [-0.4, -0.2) is 39.2 Å². The lowest BCUT2D eigenvalue weighted by Crippen LogP contribution is -2.29. The number of rotatable bonds is 5. The zero-order valence-electron chi connectivity index (χ0n) is 17.9. The molecule has 2 amide bonds. The Labute approximate surface area is 190 Å². The van der Waals surface area contributed by atoms with E-state index in [4.69, 9.17) is 0 Å². The third kappa shape index (κ3) is 4.35. The lowest BCUT2D eigenvalue weighted by atomic mass is 9.97. The van der Waals surface area contributed by atoms with Gasteiger partial charge in [-0.15, -0.1) is 0 Å². The SMILES string of the molecule is O=C(NCc1ccn2ccnc2c1)c1ccc(C2CCN(C(=O)c3ccccc3F)C2)cc1. The van der Waals surface area contributed by atoms with Crippen molar-refractivity contribution in [3.63, 3.8) is 0 Å². The second kappa shape index (κ2) is 8.86. The van der Waals surface area contributed by atoms with Crippen LogP contribution in [0.5, 0.6) is 0 Å². The Morgan fingerprint density at radius 2 is 1.88 bits per heavy atom. The summed E-state index contributed by atoms with van der Waals surface area (Å²) >= 11 is 0. The van der Waals surface area contributed by atoms with Crippen LogP contribution >= 0.6 is 0 Å². The van der Waals surface area contributed by atoms with E-state index in [1.165, 1.54) is 12.1 Å². The van der Waals surface area contributed by atoms with Gasteiger partial charge in [0.25, 0.3) is 11.8 Å². The van der Waals surface area contributed by atoms with Gasteiger partial charge in [0, 0.05) is 49.7 Å². The van der Waals surface area contributed by atoms with Gasteiger partial charge in [-0.2, -0.15) is 0 Å². The molecule has 166 valence electrons. The fraction of sp³-hybridized carbons (Fsp3) is 0.192. The number of fused-ring (bicyclic) bond motifs is 1. The van der Waals surface area contributed by atoms with Gasteiger partial charge in [0.15, 0.2) is 0 Å². The van der Waals surface area contributed by atoms with Crippen molar-refractivity contribution >= 4 is 17.5 Å². The predicted octanol–water partition coefficient (Wildman–Crippen LogP) is 4.03. The summed E-state index contributed by atoms with van der Waals surface area (Å²) in [6, 6.07) is 17.5. The summed E-state index contributed by atoms with van der Waals surface area (Å²) in [6.07, 6.45) is 6.33. The molecule has 1 atom stereocenters. The van der Waals surface area contributed by atoms with Gasteiger partial charge in [-0.1, -0.05) is 24.3 Å². The number of carbonyl (C=O) groups is 2. The van der Waals surface area contributed by atoms with E-state index in [1.807, 2.05) is 53.2 Å². The molecule has 1 saturated heterocycles. The number of halogens is 1. The highest BCUT2D eigenvalue weighted by molar-refractivity contribution is 5.95. The maximum Gasteiger partial charge on any atom is 0.256 e. The van der Waals surface area contributed by atoms with Crippen molar-refractivity contribution in [3.05, 3.63) is 107 Å². The fourth-order valence-corrected chi connectivity index (χ4v) is 4.28. The first-order chi connectivity index (χ1) is 16.1. The van der Waals surface area contributed by atoms with Crippen molar-refractivity contribution in [2.24, 2.45) is 0 Å². The summed E-state index contributed by atoms with van der Waals surface area (Å²) in [5.74, 6) is -0.752. The number of carbonyl (C=O) groups excluding carboxylic acids is 2. The molecule has 1 unspecified atom stereocenters. The van der Waals surface area contributed by atoms with E-state index in [0.717, 1.165) is 23.2 Å². The zero-order chi connectivity index (χ0) is 22.8. The first-order valence-corrected chi connectivity index (χ1v) is 10.9. The monoisotopic (exact) mass is 442 g/mol. The van der Waals surface area contributed by atoms with Crippen molar-refractivity contribution in [1.82, 2.24) is 19.6 Å². The van der Waals surface area contributed by atoms with Gasteiger partial charge in [-0.05, 0) is 53.9 Å². The Hall–Kier alpha value is -4.00. The van der Waals surface area contributed by atoms with E-state index < -0.39 is 5.82 Å². The molecular formula is C26H23FN4O2. The minimum Gasteiger partial charge on any atom is -0.348 e. The Kier molecular flexibility index (Phi) is 5.60. The Morgan fingerprint density at radius 3 is 2.70 bits per heavy atom. The number of nitrogens with zero attached hydrogens (tertiary/aromatic N) is 3. The average molecular weight is 442 g/mol. The predicted molar refractivity (Wildman–Crippen MR) is 122 cm³/mol. The number of pyridine rings is 1. The number of amides is 2. The third-order valence-corrected chi connectivity index (χ3v) is 6.14. The van der Waals surface area contributed by atoms with E-state index in [0.29, 0.717) is 25.2 Å². The molecule has 7 heteroatoms. The van der Waals surface area contributed by atoms with Crippen molar-refractivity contribution < 1.29 is 14.0 Å². The molecule has 33 heavy (non-hydrogen) atoms. The molecule has 1 aliphatic rings. The van der Waals surface area contributed by atoms with Gasteiger partial charge < -0.3 is 14.6 Å². The molecule has 1 aliphatic heterocycles. The van der Waals surface area contributed by atoms with Gasteiger partial charge in [-0.25, -0.2) is 9.37 Å². The van der Waals surface area contributed by atoms with Crippen LogP contribution in [0.3, 0.4) is 0 Å². The van der Waals surface area contributed by atoms with E-state index >= 15 is 0 Å². The fourth-order valence-electron chi connectivity index (χ4n) is 4.28. The highest BCUT2D eigenvalue weighted by Gasteiger charge is 2.29.